The molecule has 0 saturated heterocycles. The summed E-state index contributed by atoms with van der Waals surface area (Å²) < 4.78 is 0. The van der Waals surface area contributed by atoms with Crippen LogP contribution < -0.4 is 5.32 Å². The van der Waals surface area contributed by atoms with Gasteiger partial charge in [0.25, 0.3) is 0 Å². The maximum Gasteiger partial charge on any atom is 0.307 e. The number of halogens is 1. The average Bonchev–Trinajstić information content (AvgIpc) is 3.07. The van der Waals surface area contributed by atoms with Gasteiger partial charge in [0.05, 0.1) is 17.4 Å². The first kappa shape index (κ1) is 13.4. The molecule has 2 aliphatic carbocycles. The summed E-state index contributed by atoms with van der Waals surface area (Å²) in [7, 11) is 0. The van der Waals surface area contributed by atoms with Gasteiger partial charge in [0.15, 0.2) is 0 Å². The quantitative estimate of drug-likeness (QED) is 0.896. The van der Waals surface area contributed by atoms with Gasteiger partial charge < -0.3 is 10.4 Å². The van der Waals surface area contributed by atoms with Crippen molar-refractivity contribution in [2.24, 2.45) is 11.8 Å². The first-order valence-electron chi connectivity index (χ1n) is 6.83. The summed E-state index contributed by atoms with van der Waals surface area (Å²) in [6.45, 7) is 0. The van der Waals surface area contributed by atoms with E-state index in [4.69, 9.17) is 16.7 Å². The average molecular weight is 294 g/mol. The molecule has 4 nitrogen and oxygen atoms in total. The fraction of sp³-hybridized carbons (Fsp3) is 0.467. The van der Waals surface area contributed by atoms with Gasteiger partial charge in [0, 0.05) is 5.02 Å². The van der Waals surface area contributed by atoms with Gasteiger partial charge in [-0.3, -0.25) is 9.59 Å². The van der Waals surface area contributed by atoms with Gasteiger partial charge in [-0.25, -0.2) is 0 Å². The monoisotopic (exact) mass is 293 g/mol. The van der Waals surface area contributed by atoms with Crippen LogP contribution in [0.25, 0.3) is 0 Å². The molecule has 1 aromatic rings. The number of nitrogens with one attached hydrogen (secondary N) is 1. The summed E-state index contributed by atoms with van der Waals surface area (Å²) in [5.41, 5.74) is 0.671. The highest BCUT2D eigenvalue weighted by Gasteiger charge is 2.49. The molecule has 3 rings (SSSR count). The lowest BCUT2D eigenvalue weighted by Crippen LogP contribution is -2.47. The topological polar surface area (TPSA) is 66.4 Å². The smallest absolute Gasteiger partial charge is 0.307 e. The third kappa shape index (κ3) is 2.29. The molecule has 2 saturated carbocycles. The van der Waals surface area contributed by atoms with Gasteiger partial charge in [-0.05, 0) is 43.4 Å². The molecule has 0 radical (unpaired) electrons. The number of carbonyl (C=O) groups excluding carboxylic acids is 1. The highest BCUT2D eigenvalue weighted by molar-refractivity contribution is 6.30. The lowest BCUT2D eigenvalue weighted by molar-refractivity contribution is -0.153. The normalized spacial score (nSPS) is 26.4. The number of aliphatic carboxylic acids is 1. The minimum atomic E-state index is -0.871. The van der Waals surface area contributed by atoms with E-state index in [9.17, 15) is 9.59 Å². The summed E-state index contributed by atoms with van der Waals surface area (Å²) in [5.74, 6) is -1.92. The molecule has 0 aliphatic heterocycles. The van der Waals surface area contributed by atoms with Crippen LogP contribution in [0.3, 0.4) is 0 Å². The Morgan fingerprint density at radius 3 is 2.45 bits per heavy atom. The van der Waals surface area contributed by atoms with Crippen LogP contribution in [-0.2, 0) is 15.1 Å². The van der Waals surface area contributed by atoms with Crippen molar-refractivity contribution >= 4 is 23.5 Å². The van der Waals surface area contributed by atoms with Crippen molar-refractivity contribution in [3.05, 3.63) is 34.9 Å². The Labute approximate surface area is 122 Å². The second-order valence-electron chi connectivity index (χ2n) is 5.71. The number of benzene rings is 1. The highest BCUT2D eigenvalue weighted by Crippen LogP contribution is 2.47. The zero-order valence-corrected chi connectivity index (χ0v) is 11.7. The van der Waals surface area contributed by atoms with Crippen molar-refractivity contribution in [3.8, 4) is 0 Å². The number of carbonyl (C=O) groups is 2. The van der Waals surface area contributed by atoms with Crippen molar-refractivity contribution in [1.29, 1.82) is 0 Å². The molecule has 2 N–H and O–H groups in total. The number of carboxylic acid groups (broad SMARTS) is 1. The van der Waals surface area contributed by atoms with Gasteiger partial charge in [0.2, 0.25) is 5.91 Å². The number of hydrogen-bond donors (Lipinski definition) is 2. The van der Waals surface area contributed by atoms with Crippen molar-refractivity contribution in [2.75, 3.05) is 0 Å². The molecule has 2 aliphatic rings. The Hall–Kier alpha value is -1.55. The van der Waals surface area contributed by atoms with E-state index in [-0.39, 0.29) is 17.4 Å². The van der Waals surface area contributed by atoms with Crippen molar-refractivity contribution < 1.29 is 14.7 Å². The number of carboxylic acids is 1. The van der Waals surface area contributed by atoms with E-state index in [0.29, 0.717) is 17.9 Å². The number of amides is 1. The molecule has 106 valence electrons. The summed E-state index contributed by atoms with van der Waals surface area (Å²) in [4.78, 5) is 23.2. The second kappa shape index (κ2) is 4.77. The summed E-state index contributed by atoms with van der Waals surface area (Å²) in [5, 5.41) is 12.7. The van der Waals surface area contributed by atoms with Crippen LogP contribution in [0.15, 0.2) is 24.3 Å². The van der Waals surface area contributed by atoms with Gasteiger partial charge in [-0.2, -0.15) is 0 Å². The lowest BCUT2D eigenvalue weighted by atomic mass is 9.73. The molecule has 1 aromatic carbocycles. The molecular formula is C15H16ClNO3. The molecule has 5 heteroatoms. The summed E-state index contributed by atoms with van der Waals surface area (Å²) >= 11 is 5.99. The van der Waals surface area contributed by atoms with E-state index in [1.165, 1.54) is 0 Å². The molecule has 0 aromatic heterocycles. The first-order chi connectivity index (χ1) is 9.52. The maximum atomic E-state index is 12.2. The number of hydrogen-bond acceptors (Lipinski definition) is 2. The van der Waals surface area contributed by atoms with E-state index < -0.39 is 11.9 Å². The molecule has 2 unspecified atom stereocenters. The molecule has 2 fully saturated rings. The predicted molar refractivity (Wildman–Crippen MR) is 74.4 cm³/mol. The largest absolute Gasteiger partial charge is 0.481 e. The second-order valence-corrected chi connectivity index (χ2v) is 6.15. The molecule has 2 atom stereocenters. The van der Waals surface area contributed by atoms with E-state index in [1.807, 2.05) is 18.2 Å². The Bertz CT molecular complexity index is 568. The van der Waals surface area contributed by atoms with Crippen LogP contribution in [0.1, 0.15) is 31.2 Å². The van der Waals surface area contributed by atoms with Gasteiger partial charge in [-0.15, -0.1) is 0 Å². The lowest BCUT2D eigenvalue weighted by Gasteiger charge is -2.33. The Morgan fingerprint density at radius 2 is 1.95 bits per heavy atom. The Morgan fingerprint density at radius 1 is 1.25 bits per heavy atom. The molecular weight excluding hydrogens is 278 g/mol. The zero-order valence-electron chi connectivity index (χ0n) is 10.9. The molecule has 20 heavy (non-hydrogen) atoms. The van der Waals surface area contributed by atoms with Crippen molar-refractivity contribution in [3.63, 3.8) is 0 Å². The molecule has 0 bridgehead atoms. The SMILES string of the molecule is O=C(O)C1CCC1C(=O)NC1(c2cccc(Cl)c2)CC1. The predicted octanol–water partition coefficient (Wildman–Crippen LogP) is 2.56. The fourth-order valence-corrected chi connectivity index (χ4v) is 3.03. The molecule has 1 amide bonds. The standard InChI is InChI=1S/C15H16ClNO3/c16-10-3-1-2-9(8-10)15(6-7-15)17-13(18)11-4-5-12(11)14(19)20/h1-3,8,11-12H,4-7H2,(H,17,18)(H,19,20). The van der Waals surface area contributed by atoms with Crippen LogP contribution >= 0.6 is 11.6 Å². The van der Waals surface area contributed by atoms with Gasteiger partial charge >= 0.3 is 5.97 Å². The first-order valence-corrected chi connectivity index (χ1v) is 7.20. The maximum absolute atomic E-state index is 12.2. The van der Waals surface area contributed by atoms with Crippen LogP contribution in [0.4, 0.5) is 0 Å². The van der Waals surface area contributed by atoms with Gasteiger partial charge in [0.1, 0.15) is 0 Å². The van der Waals surface area contributed by atoms with Crippen LogP contribution in [0, 0.1) is 11.8 Å². The van der Waals surface area contributed by atoms with Crippen LogP contribution in [0.5, 0.6) is 0 Å². The number of rotatable bonds is 4. The highest BCUT2D eigenvalue weighted by atomic mass is 35.5. The Kier molecular flexibility index (Phi) is 3.21. The molecule has 0 heterocycles. The van der Waals surface area contributed by atoms with E-state index in [0.717, 1.165) is 18.4 Å². The third-order valence-corrected chi connectivity index (χ3v) is 4.65. The third-order valence-electron chi connectivity index (χ3n) is 4.42. The van der Waals surface area contributed by atoms with Crippen LogP contribution in [0.2, 0.25) is 5.02 Å². The van der Waals surface area contributed by atoms with E-state index in [1.54, 1.807) is 6.07 Å². The van der Waals surface area contributed by atoms with Crippen molar-refractivity contribution in [2.45, 2.75) is 31.2 Å². The van der Waals surface area contributed by atoms with Gasteiger partial charge in [-0.1, -0.05) is 23.7 Å². The Balaban J connectivity index is 1.71. The summed E-state index contributed by atoms with van der Waals surface area (Å²) in [6, 6.07) is 7.49. The molecule has 0 spiro atoms. The fourth-order valence-electron chi connectivity index (χ4n) is 2.83. The minimum Gasteiger partial charge on any atom is -0.481 e. The van der Waals surface area contributed by atoms with E-state index in [2.05, 4.69) is 5.32 Å². The van der Waals surface area contributed by atoms with Crippen LogP contribution in [-0.4, -0.2) is 17.0 Å². The minimum absolute atomic E-state index is 0.138. The zero-order chi connectivity index (χ0) is 14.3. The van der Waals surface area contributed by atoms with E-state index >= 15 is 0 Å². The van der Waals surface area contributed by atoms with Crippen molar-refractivity contribution in [1.82, 2.24) is 5.32 Å². The summed E-state index contributed by atoms with van der Waals surface area (Å²) in [6.07, 6.45) is 3.01.